The molecule has 2 aromatic carbocycles. The fourth-order valence-corrected chi connectivity index (χ4v) is 3.55. The Bertz CT molecular complexity index is 859. The molecule has 23 heavy (non-hydrogen) atoms. The van der Waals surface area contributed by atoms with Gasteiger partial charge in [-0.3, -0.25) is 10.1 Å². The number of fused-ring (bicyclic) bond motifs is 1. The summed E-state index contributed by atoms with van der Waals surface area (Å²) < 4.78 is 6.39. The van der Waals surface area contributed by atoms with Crippen molar-refractivity contribution in [2.24, 2.45) is 0 Å². The molecule has 1 aromatic heterocycles. The Balaban J connectivity index is 1.88. The molecule has 0 aliphatic carbocycles. The zero-order chi connectivity index (χ0) is 16.4. The number of anilines is 1. The average Bonchev–Trinajstić information content (AvgIpc) is 2.88. The van der Waals surface area contributed by atoms with Gasteiger partial charge in [-0.25, -0.2) is 4.98 Å². The summed E-state index contributed by atoms with van der Waals surface area (Å²) in [6.07, 6.45) is 0. The van der Waals surface area contributed by atoms with E-state index in [0.29, 0.717) is 21.8 Å². The third kappa shape index (κ3) is 3.42. The first-order valence-electron chi connectivity index (χ1n) is 6.87. The molecular formula is C16H12Cl2N2O2S. The summed E-state index contributed by atoms with van der Waals surface area (Å²) in [7, 11) is 0. The van der Waals surface area contributed by atoms with Crippen molar-refractivity contribution in [3.05, 3.63) is 52.0 Å². The summed E-state index contributed by atoms with van der Waals surface area (Å²) in [6, 6.07) is 10.5. The van der Waals surface area contributed by atoms with Crippen molar-refractivity contribution in [1.82, 2.24) is 4.98 Å². The van der Waals surface area contributed by atoms with E-state index < -0.39 is 0 Å². The first kappa shape index (κ1) is 16.1. The van der Waals surface area contributed by atoms with Crippen LogP contribution in [0.2, 0.25) is 10.0 Å². The maximum atomic E-state index is 12.4. The summed E-state index contributed by atoms with van der Waals surface area (Å²) in [4.78, 5) is 16.7. The van der Waals surface area contributed by atoms with E-state index in [1.807, 2.05) is 25.1 Å². The van der Waals surface area contributed by atoms with Gasteiger partial charge in [0.15, 0.2) is 5.13 Å². The Hall–Kier alpha value is -1.82. The Kier molecular flexibility index (Phi) is 4.71. The van der Waals surface area contributed by atoms with E-state index in [4.69, 9.17) is 27.9 Å². The first-order valence-corrected chi connectivity index (χ1v) is 8.44. The minimum Gasteiger partial charge on any atom is -0.494 e. The van der Waals surface area contributed by atoms with E-state index >= 15 is 0 Å². The van der Waals surface area contributed by atoms with Gasteiger partial charge in [-0.15, -0.1) is 0 Å². The lowest BCUT2D eigenvalue weighted by atomic mass is 10.2. The number of ether oxygens (including phenoxy) is 1. The Morgan fingerprint density at radius 3 is 2.70 bits per heavy atom. The van der Waals surface area contributed by atoms with Crippen LogP contribution in [0.15, 0.2) is 36.4 Å². The van der Waals surface area contributed by atoms with Crippen LogP contribution in [0.25, 0.3) is 10.2 Å². The number of nitrogens with zero attached hydrogens (tertiary/aromatic N) is 1. The first-order chi connectivity index (χ1) is 11.1. The lowest BCUT2D eigenvalue weighted by Crippen LogP contribution is -2.12. The van der Waals surface area contributed by atoms with E-state index in [-0.39, 0.29) is 11.5 Å². The highest BCUT2D eigenvalue weighted by Crippen LogP contribution is 2.31. The number of amides is 1. The molecule has 118 valence electrons. The second-order valence-electron chi connectivity index (χ2n) is 4.63. The second-order valence-corrected chi connectivity index (χ2v) is 6.48. The molecule has 0 spiro atoms. The lowest BCUT2D eigenvalue weighted by molar-refractivity contribution is 0.102. The molecule has 0 radical (unpaired) electrons. The van der Waals surface area contributed by atoms with Crippen LogP contribution in [0.3, 0.4) is 0 Å². The predicted molar refractivity (Wildman–Crippen MR) is 95.2 cm³/mol. The van der Waals surface area contributed by atoms with Crippen molar-refractivity contribution in [3.63, 3.8) is 0 Å². The maximum absolute atomic E-state index is 12.4. The summed E-state index contributed by atoms with van der Waals surface area (Å²) in [5.41, 5.74) is 1.03. The minimum absolute atomic E-state index is 0.241. The van der Waals surface area contributed by atoms with Crippen LogP contribution in [-0.4, -0.2) is 17.5 Å². The van der Waals surface area contributed by atoms with E-state index in [2.05, 4.69) is 10.3 Å². The van der Waals surface area contributed by atoms with Gasteiger partial charge in [-0.2, -0.15) is 0 Å². The molecule has 0 saturated carbocycles. The molecule has 1 amide bonds. The highest BCUT2D eigenvalue weighted by Gasteiger charge is 2.16. The molecule has 0 aliphatic rings. The topological polar surface area (TPSA) is 51.2 Å². The summed E-state index contributed by atoms with van der Waals surface area (Å²) >= 11 is 13.5. The lowest BCUT2D eigenvalue weighted by Gasteiger charge is -2.05. The van der Waals surface area contributed by atoms with E-state index in [0.717, 1.165) is 16.0 Å². The fourth-order valence-electron chi connectivity index (χ4n) is 2.09. The smallest absolute Gasteiger partial charge is 0.260 e. The normalized spacial score (nSPS) is 10.7. The molecule has 0 saturated heterocycles. The quantitative estimate of drug-likeness (QED) is 0.685. The number of carbonyl (C=O) groups is 1. The van der Waals surface area contributed by atoms with Gasteiger partial charge in [0.1, 0.15) is 5.75 Å². The number of halogens is 2. The number of carbonyl (C=O) groups excluding carboxylic acids is 1. The van der Waals surface area contributed by atoms with Crippen LogP contribution in [0.1, 0.15) is 17.3 Å². The summed E-state index contributed by atoms with van der Waals surface area (Å²) in [6.45, 7) is 2.52. The van der Waals surface area contributed by atoms with Crippen molar-refractivity contribution < 1.29 is 9.53 Å². The third-order valence-corrected chi connectivity index (χ3v) is 4.64. The van der Waals surface area contributed by atoms with E-state index in [1.165, 1.54) is 11.3 Å². The van der Waals surface area contributed by atoms with Crippen LogP contribution >= 0.6 is 34.5 Å². The molecule has 0 unspecified atom stereocenters. The van der Waals surface area contributed by atoms with Crippen molar-refractivity contribution >= 4 is 55.8 Å². The zero-order valence-electron chi connectivity index (χ0n) is 12.1. The van der Waals surface area contributed by atoms with Gasteiger partial charge >= 0.3 is 0 Å². The molecule has 0 bridgehead atoms. The molecule has 3 aromatic rings. The number of hydrogen-bond acceptors (Lipinski definition) is 4. The molecule has 0 fully saturated rings. The van der Waals surface area contributed by atoms with Crippen LogP contribution in [-0.2, 0) is 0 Å². The summed E-state index contributed by atoms with van der Waals surface area (Å²) in [5.74, 6) is 0.389. The number of rotatable bonds is 4. The van der Waals surface area contributed by atoms with Crippen molar-refractivity contribution in [3.8, 4) is 5.75 Å². The van der Waals surface area contributed by atoms with E-state index in [1.54, 1.807) is 18.2 Å². The molecule has 1 N–H and O–H groups in total. The number of hydrogen-bond donors (Lipinski definition) is 1. The number of thiazole rings is 1. The zero-order valence-corrected chi connectivity index (χ0v) is 14.4. The van der Waals surface area contributed by atoms with Crippen LogP contribution in [0, 0.1) is 0 Å². The minimum atomic E-state index is -0.385. The van der Waals surface area contributed by atoms with Gasteiger partial charge in [0, 0.05) is 0 Å². The Morgan fingerprint density at radius 2 is 2.00 bits per heavy atom. The van der Waals surface area contributed by atoms with Crippen molar-refractivity contribution in [1.29, 1.82) is 0 Å². The maximum Gasteiger partial charge on any atom is 0.260 e. The van der Waals surface area contributed by atoms with Gasteiger partial charge < -0.3 is 4.74 Å². The summed E-state index contributed by atoms with van der Waals surface area (Å²) in [5, 5.41) is 3.82. The van der Waals surface area contributed by atoms with Gasteiger partial charge in [-0.05, 0) is 37.3 Å². The van der Waals surface area contributed by atoms with Crippen LogP contribution < -0.4 is 10.1 Å². The van der Waals surface area contributed by atoms with Crippen LogP contribution in [0.5, 0.6) is 5.75 Å². The monoisotopic (exact) mass is 366 g/mol. The molecule has 0 aliphatic heterocycles. The average molecular weight is 367 g/mol. The highest BCUT2D eigenvalue weighted by molar-refractivity contribution is 7.22. The molecule has 1 heterocycles. The van der Waals surface area contributed by atoms with Gasteiger partial charge in [0.25, 0.3) is 5.91 Å². The SMILES string of the molecule is CCOc1ccc2nc(NC(=O)c3c(Cl)cccc3Cl)sc2c1. The molecular weight excluding hydrogens is 355 g/mol. The largest absolute Gasteiger partial charge is 0.494 e. The molecule has 0 atom stereocenters. The van der Waals surface area contributed by atoms with Gasteiger partial charge in [0.2, 0.25) is 0 Å². The van der Waals surface area contributed by atoms with Crippen LogP contribution in [0.4, 0.5) is 5.13 Å². The van der Waals surface area contributed by atoms with Gasteiger partial charge in [-0.1, -0.05) is 40.6 Å². The Morgan fingerprint density at radius 1 is 1.26 bits per heavy atom. The van der Waals surface area contributed by atoms with Gasteiger partial charge in [0.05, 0.1) is 32.4 Å². The van der Waals surface area contributed by atoms with Crippen molar-refractivity contribution in [2.45, 2.75) is 6.92 Å². The number of nitrogens with one attached hydrogen (secondary N) is 1. The molecule has 7 heteroatoms. The second kappa shape index (κ2) is 6.74. The predicted octanol–water partition coefficient (Wildman–Crippen LogP) is 5.25. The number of benzene rings is 2. The van der Waals surface area contributed by atoms with Crippen molar-refractivity contribution in [2.75, 3.05) is 11.9 Å². The highest BCUT2D eigenvalue weighted by atomic mass is 35.5. The standard InChI is InChI=1S/C16H12Cl2N2O2S/c1-2-22-9-6-7-12-13(8-9)23-16(19-12)20-15(21)14-10(17)4-3-5-11(14)18/h3-8H,2H2,1H3,(H,19,20,21). The number of aromatic nitrogens is 1. The Labute approximate surface area is 147 Å². The third-order valence-electron chi connectivity index (χ3n) is 3.08. The van der Waals surface area contributed by atoms with E-state index in [9.17, 15) is 4.79 Å². The fraction of sp³-hybridized carbons (Fsp3) is 0.125. The molecule has 4 nitrogen and oxygen atoms in total. The molecule has 3 rings (SSSR count).